The molecule has 2 amide bonds. The van der Waals surface area contributed by atoms with Crippen LogP contribution in [0.25, 0.3) is 0 Å². The highest BCUT2D eigenvalue weighted by atomic mass is 35.5. The lowest BCUT2D eigenvalue weighted by molar-refractivity contribution is -0.117. The summed E-state index contributed by atoms with van der Waals surface area (Å²) in [4.78, 5) is 22.8. The van der Waals surface area contributed by atoms with E-state index in [2.05, 4.69) is 11.8 Å². The number of carbonyl (C=O) groups excluding carboxylic acids is 2. The minimum Gasteiger partial charge on any atom is -0.285 e. The van der Waals surface area contributed by atoms with Gasteiger partial charge in [-0.2, -0.15) is 0 Å². The van der Waals surface area contributed by atoms with Crippen LogP contribution in [0.2, 0.25) is 5.02 Å². The molecule has 2 aromatic rings. The van der Waals surface area contributed by atoms with E-state index in [0.29, 0.717) is 23.2 Å². The van der Waals surface area contributed by atoms with Gasteiger partial charge in [0.15, 0.2) is 14.4 Å². The van der Waals surface area contributed by atoms with E-state index in [1.54, 1.807) is 24.3 Å². The first-order valence-corrected chi connectivity index (χ1v) is 10.3. The van der Waals surface area contributed by atoms with Gasteiger partial charge in [-0.25, -0.2) is 8.42 Å². The van der Waals surface area contributed by atoms with Crippen LogP contribution in [0.3, 0.4) is 0 Å². The molecule has 0 aliphatic carbocycles. The van der Waals surface area contributed by atoms with E-state index >= 15 is 0 Å². The first-order valence-electron chi connectivity index (χ1n) is 7.45. The van der Waals surface area contributed by atoms with Crippen molar-refractivity contribution in [1.29, 1.82) is 0 Å². The van der Waals surface area contributed by atoms with Crippen molar-refractivity contribution in [2.45, 2.75) is 15.9 Å². The lowest BCUT2D eigenvalue weighted by atomic mass is 10.1. The molecule has 1 fully saturated rings. The molecule has 1 N–H and O–H groups in total. The Kier molecular flexibility index (Phi) is 5.37. The zero-order chi connectivity index (χ0) is 18.7. The Balaban J connectivity index is 1.72. The summed E-state index contributed by atoms with van der Waals surface area (Å²) in [5, 5.41) is 1.97. The average Bonchev–Trinajstić information content (AvgIpc) is 2.96. The van der Waals surface area contributed by atoms with Crippen LogP contribution in [0, 0.1) is 11.8 Å². The van der Waals surface area contributed by atoms with Crippen molar-refractivity contribution in [3.63, 3.8) is 0 Å². The lowest BCUT2D eigenvalue weighted by Gasteiger charge is -2.08. The SMILES string of the molecule is O=C1NC(=O)C(S(=O)(=O)c2ccc(CC#Cc3ccc(Cl)cc3)cc2)S1. The normalized spacial score (nSPS) is 16.7. The number of rotatable bonds is 3. The van der Waals surface area contributed by atoms with Gasteiger partial charge in [0, 0.05) is 17.0 Å². The van der Waals surface area contributed by atoms with Crippen LogP contribution in [0.15, 0.2) is 53.4 Å². The summed E-state index contributed by atoms with van der Waals surface area (Å²) in [6.07, 6.45) is 0.445. The summed E-state index contributed by atoms with van der Waals surface area (Å²) in [5.41, 5.74) is 1.67. The van der Waals surface area contributed by atoms with E-state index in [1.807, 2.05) is 17.4 Å². The van der Waals surface area contributed by atoms with Crippen molar-refractivity contribution >= 4 is 44.3 Å². The molecule has 0 saturated carbocycles. The van der Waals surface area contributed by atoms with Crippen LogP contribution in [-0.2, 0) is 21.1 Å². The molecule has 0 aromatic heterocycles. The molecule has 1 saturated heterocycles. The summed E-state index contributed by atoms with van der Waals surface area (Å²) in [7, 11) is -3.92. The van der Waals surface area contributed by atoms with Crippen molar-refractivity contribution in [1.82, 2.24) is 5.32 Å². The smallest absolute Gasteiger partial charge is 0.285 e. The summed E-state index contributed by atoms with van der Waals surface area (Å²) < 4.78 is 23.5. The molecule has 0 radical (unpaired) electrons. The van der Waals surface area contributed by atoms with E-state index in [-0.39, 0.29) is 4.90 Å². The van der Waals surface area contributed by atoms with Gasteiger partial charge in [-0.1, -0.05) is 35.6 Å². The highest BCUT2D eigenvalue weighted by molar-refractivity contribution is 8.24. The van der Waals surface area contributed by atoms with Crippen LogP contribution in [-0.4, -0.2) is 24.1 Å². The Morgan fingerprint density at radius 3 is 2.27 bits per heavy atom. The van der Waals surface area contributed by atoms with Crippen molar-refractivity contribution < 1.29 is 18.0 Å². The summed E-state index contributed by atoms with van der Waals surface area (Å²) in [5.74, 6) is 5.20. The van der Waals surface area contributed by atoms with Crippen LogP contribution < -0.4 is 5.32 Å². The molecular weight excluding hydrogens is 394 g/mol. The highest BCUT2D eigenvalue weighted by Crippen LogP contribution is 2.29. The Labute approximate surface area is 160 Å². The number of imide groups is 1. The number of amides is 2. The summed E-state index contributed by atoms with van der Waals surface area (Å²) in [6, 6.07) is 13.3. The van der Waals surface area contributed by atoms with E-state index in [9.17, 15) is 18.0 Å². The highest BCUT2D eigenvalue weighted by Gasteiger charge is 2.42. The van der Waals surface area contributed by atoms with Crippen LogP contribution in [0.1, 0.15) is 11.1 Å². The molecule has 1 aliphatic heterocycles. The Morgan fingerprint density at radius 2 is 1.69 bits per heavy atom. The van der Waals surface area contributed by atoms with Gasteiger partial charge >= 0.3 is 0 Å². The molecule has 3 rings (SSSR count). The maximum atomic E-state index is 12.5. The number of carbonyl (C=O) groups is 2. The minimum absolute atomic E-state index is 0.00531. The quantitative estimate of drug-likeness (QED) is 0.794. The van der Waals surface area contributed by atoms with Gasteiger partial charge in [0.05, 0.1) is 4.90 Å². The van der Waals surface area contributed by atoms with Gasteiger partial charge in [0.25, 0.3) is 11.1 Å². The largest absolute Gasteiger partial charge is 0.287 e. The van der Waals surface area contributed by atoms with Gasteiger partial charge in [-0.15, -0.1) is 0 Å². The monoisotopic (exact) mass is 405 g/mol. The number of halogens is 1. The Morgan fingerprint density at radius 1 is 1.04 bits per heavy atom. The molecule has 2 aromatic carbocycles. The van der Waals surface area contributed by atoms with Crippen molar-refractivity contribution in [3.05, 3.63) is 64.7 Å². The fourth-order valence-corrected chi connectivity index (χ4v) is 5.10. The van der Waals surface area contributed by atoms with E-state index < -0.39 is 25.6 Å². The topological polar surface area (TPSA) is 80.3 Å². The molecule has 132 valence electrons. The zero-order valence-corrected chi connectivity index (χ0v) is 15.6. The maximum absolute atomic E-state index is 12.5. The van der Waals surface area contributed by atoms with Crippen LogP contribution in [0.4, 0.5) is 4.79 Å². The predicted octanol–water partition coefficient (Wildman–Crippen LogP) is 3.02. The molecule has 8 heteroatoms. The molecule has 26 heavy (non-hydrogen) atoms. The third kappa shape index (κ3) is 4.10. The molecule has 0 bridgehead atoms. The molecule has 0 spiro atoms. The van der Waals surface area contributed by atoms with E-state index in [4.69, 9.17) is 11.6 Å². The molecule has 1 aliphatic rings. The fraction of sp³-hybridized carbons (Fsp3) is 0.111. The third-order valence-electron chi connectivity index (χ3n) is 3.56. The molecule has 1 unspecified atom stereocenters. The van der Waals surface area contributed by atoms with Gasteiger partial charge in [0.2, 0.25) is 0 Å². The first-order chi connectivity index (χ1) is 12.4. The fourth-order valence-electron chi connectivity index (χ4n) is 2.25. The van der Waals surface area contributed by atoms with Crippen molar-refractivity contribution in [3.8, 4) is 11.8 Å². The summed E-state index contributed by atoms with van der Waals surface area (Å²) >= 11 is 6.29. The number of hydrogen-bond acceptors (Lipinski definition) is 5. The Bertz CT molecular complexity index is 1020. The second kappa shape index (κ2) is 7.54. The van der Waals surface area contributed by atoms with Crippen LogP contribution >= 0.6 is 23.4 Å². The van der Waals surface area contributed by atoms with Crippen LogP contribution in [0.5, 0.6) is 0 Å². The number of hydrogen-bond donors (Lipinski definition) is 1. The number of sulfone groups is 1. The van der Waals surface area contributed by atoms with Gasteiger partial charge in [-0.3, -0.25) is 14.9 Å². The third-order valence-corrected chi connectivity index (χ3v) is 7.31. The van der Waals surface area contributed by atoms with E-state index in [1.165, 1.54) is 12.1 Å². The van der Waals surface area contributed by atoms with Crippen molar-refractivity contribution in [2.24, 2.45) is 0 Å². The molecule has 1 atom stereocenters. The van der Waals surface area contributed by atoms with E-state index in [0.717, 1.165) is 11.1 Å². The zero-order valence-electron chi connectivity index (χ0n) is 13.2. The second-order valence-electron chi connectivity index (χ2n) is 5.40. The minimum atomic E-state index is -3.92. The molecule has 1 heterocycles. The number of benzene rings is 2. The van der Waals surface area contributed by atoms with Gasteiger partial charge in [-0.05, 0) is 53.7 Å². The predicted molar refractivity (Wildman–Crippen MR) is 101 cm³/mol. The number of thioether (sulfide) groups is 1. The molecular formula is C18H12ClNO4S2. The first kappa shape index (κ1) is 18.5. The maximum Gasteiger partial charge on any atom is 0.287 e. The summed E-state index contributed by atoms with van der Waals surface area (Å²) in [6.45, 7) is 0. The van der Waals surface area contributed by atoms with Crippen molar-refractivity contribution in [2.75, 3.05) is 0 Å². The standard InChI is InChI=1S/C18H12ClNO4S2/c19-14-8-4-12(5-9-14)2-1-3-13-6-10-15(11-7-13)26(23,24)17-16(21)20-18(22)25-17/h4-11,17H,3H2,(H,20,21,22). The number of nitrogens with one attached hydrogen (secondary N) is 1. The average molecular weight is 406 g/mol. The molecule has 5 nitrogen and oxygen atoms in total. The second-order valence-corrected chi connectivity index (χ2v) is 9.25. The Hall–Kier alpha value is -2.27. The van der Waals surface area contributed by atoms with Gasteiger partial charge in [0.1, 0.15) is 0 Å². The lowest BCUT2D eigenvalue weighted by Crippen LogP contribution is -2.30. The van der Waals surface area contributed by atoms with Gasteiger partial charge < -0.3 is 0 Å².